The number of nitrogens with one attached hydrogen (secondary N) is 1. The number of hydrogen-bond acceptors (Lipinski definition) is 3. The monoisotopic (exact) mass is 377 g/mol. The van der Waals surface area contributed by atoms with E-state index in [0.717, 1.165) is 17.7 Å². The molecule has 1 N–H and O–H groups in total. The zero-order chi connectivity index (χ0) is 18.7. The van der Waals surface area contributed by atoms with Gasteiger partial charge in [0.15, 0.2) is 17.3 Å². The van der Waals surface area contributed by atoms with Crippen molar-refractivity contribution >= 4 is 23.2 Å². The molecule has 0 bridgehead atoms. The fourth-order valence-corrected chi connectivity index (χ4v) is 2.40. The molecule has 26 heavy (non-hydrogen) atoms. The van der Waals surface area contributed by atoms with Gasteiger partial charge in [-0.25, -0.2) is 8.78 Å². The molecule has 0 radical (unpaired) electrons. The van der Waals surface area contributed by atoms with Gasteiger partial charge in [0.25, 0.3) is 5.91 Å². The van der Waals surface area contributed by atoms with E-state index in [0.29, 0.717) is 16.5 Å². The predicted octanol–water partition coefficient (Wildman–Crippen LogP) is 5.35. The lowest BCUT2D eigenvalue weighted by atomic mass is 10.2. The van der Waals surface area contributed by atoms with Crippen LogP contribution in [0.3, 0.4) is 0 Å². The van der Waals surface area contributed by atoms with E-state index >= 15 is 0 Å². The molecule has 3 rings (SSSR count). The van der Waals surface area contributed by atoms with Gasteiger partial charge in [0.1, 0.15) is 18.2 Å². The van der Waals surface area contributed by atoms with Crippen LogP contribution in [0.2, 0.25) is 5.02 Å². The summed E-state index contributed by atoms with van der Waals surface area (Å²) in [6, 6.07) is 11.2. The second-order valence-electron chi connectivity index (χ2n) is 5.54. The van der Waals surface area contributed by atoms with Gasteiger partial charge in [-0.05, 0) is 48.9 Å². The molecule has 0 fully saturated rings. The van der Waals surface area contributed by atoms with Crippen molar-refractivity contribution in [2.24, 2.45) is 0 Å². The Bertz CT molecular complexity index is 956. The second kappa shape index (κ2) is 7.58. The van der Waals surface area contributed by atoms with Crippen LogP contribution in [0.4, 0.5) is 14.5 Å². The molecule has 2 aromatic carbocycles. The van der Waals surface area contributed by atoms with Crippen LogP contribution in [0.1, 0.15) is 21.9 Å². The number of carbonyl (C=O) groups excluding carboxylic acids is 1. The number of ether oxygens (including phenoxy) is 1. The summed E-state index contributed by atoms with van der Waals surface area (Å²) in [5, 5.41) is 3.21. The van der Waals surface area contributed by atoms with Gasteiger partial charge in [-0.1, -0.05) is 17.7 Å². The Morgan fingerprint density at radius 2 is 1.96 bits per heavy atom. The Morgan fingerprint density at radius 1 is 1.15 bits per heavy atom. The maximum absolute atomic E-state index is 13.5. The smallest absolute Gasteiger partial charge is 0.291 e. The number of rotatable bonds is 5. The normalized spacial score (nSPS) is 10.6. The molecule has 0 atom stereocenters. The number of furan rings is 1. The molecule has 0 saturated carbocycles. The molecular weight excluding hydrogens is 364 g/mol. The lowest BCUT2D eigenvalue weighted by molar-refractivity contribution is 0.0992. The summed E-state index contributed by atoms with van der Waals surface area (Å²) in [5.74, 6) is -1.67. The number of hydrogen-bond donors (Lipinski definition) is 1. The number of benzene rings is 2. The summed E-state index contributed by atoms with van der Waals surface area (Å²) in [7, 11) is 0. The van der Waals surface area contributed by atoms with Gasteiger partial charge < -0.3 is 14.5 Å². The Labute approximate surface area is 153 Å². The summed E-state index contributed by atoms with van der Waals surface area (Å²) < 4.78 is 37.0. The first kappa shape index (κ1) is 17.9. The first-order valence-electron chi connectivity index (χ1n) is 7.66. The quantitative estimate of drug-likeness (QED) is 0.652. The number of amides is 1. The number of anilines is 1. The lowest BCUT2D eigenvalue weighted by Crippen LogP contribution is -2.11. The SMILES string of the molecule is Cc1ccc(Cl)cc1NC(=O)c1ccc(COc2ccc(F)cc2F)o1. The molecule has 0 saturated heterocycles. The summed E-state index contributed by atoms with van der Waals surface area (Å²) in [6.07, 6.45) is 0. The summed E-state index contributed by atoms with van der Waals surface area (Å²) in [4.78, 5) is 12.3. The van der Waals surface area contributed by atoms with Gasteiger partial charge in [0, 0.05) is 16.8 Å². The lowest BCUT2D eigenvalue weighted by Gasteiger charge is -2.07. The van der Waals surface area contributed by atoms with Crippen molar-refractivity contribution in [1.29, 1.82) is 0 Å². The van der Waals surface area contributed by atoms with E-state index in [1.807, 2.05) is 6.92 Å². The molecule has 4 nitrogen and oxygen atoms in total. The van der Waals surface area contributed by atoms with E-state index in [2.05, 4.69) is 5.32 Å². The molecular formula is C19H14ClF2NO3. The highest BCUT2D eigenvalue weighted by atomic mass is 35.5. The third-order valence-corrected chi connectivity index (χ3v) is 3.83. The minimum atomic E-state index is -0.814. The molecule has 7 heteroatoms. The average Bonchev–Trinajstić information content (AvgIpc) is 3.06. The summed E-state index contributed by atoms with van der Waals surface area (Å²) >= 11 is 5.93. The number of aryl methyl sites for hydroxylation is 1. The molecule has 1 amide bonds. The molecule has 1 aromatic heterocycles. The van der Waals surface area contributed by atoms with Crippen LogP contribution < -0.4 is 10.1 Å². The Morgan fingerprint density at radius 3 is 2.73 bits per heavy atom. The standard InChI is InChI=1S/C19H14ClF2NO3/c1-11-2-3-12(20)8-16(11)23-19(24)18-7-5-14(26-18)10-25-17-6-4-13(21)9-15(17)22/h2-9H,10H2,1H3,(H,23,24). The molecule has 0 unspecified atom stereocenters. The molecule has 1 heterocycles. The molecule has 134 valence electrons. The van der Waals surface area contributed by atoms with Gasteiger partial charge in [-0.3, -0.25) is 4.79 Å². The Kier molecular flexibility index (Phi) is 5.23. The van der Waals surface area contributed by atoms with E-state index in [1.165, 1.54) is 12.1 Å². The maximum atomic E-state index is 13.5. The minimum Gasteiger partial charge on any atom is -0.483 e. The first-order chi connectivity index (χ1) is 12.4. The van der Waals surface area contributed by atoms with E-state index in [9.17, 15) is 13.6 Å². The Balaban J connectivity index is 1.65. The van der Waals surface area contributed by atoms with Crippen molar-refractivity contribution < 1.29 is 22.7 Å². The fourth-order valence-electron chi connectivity index (χ4n) is 2.23. The van der Waals surface area contributed by atoms with Gasteiger partial charge in [-0.15, -0.1) is 0 Å². The van der Waals surface area contributed by atoms with E-state index < -0.39 is 17.5 Å². The molecule has 0 spiro atoms. The van der Waals surface area contributed by atoms with E-state index in [-0.39, 0.29) is 18.1 Å². The average molecular weight is 378 g/mol. The maximum Gasteiger partial charge on any atom is 0.291 e. The van der Waals surface area contributed by atoms with Gasteiger partial charge in [-0.2, -0.15) is 0 Å². The fraction of sp³-hybridized carbons (Fsp3) is 0.105. The van der Waals surface area contributed by atoms with E-state index in [1.54, 1.807) is 24.3 Å². The third kappa shape index (κ3) is 4.21. The van der Waals surface area contributed by atoms with Crippen LogP contribution in [0.25, 0.3) is 0 Å². The molecule has 0 aliphatic heterocycles. The minimum absolute atomic E-state index is 0.0718. The summed E-state index contributed by atoms with van der Waals surface area (Å²) in [6.45, 7) is 1.73. The van der Waals surface area contributed by atoms with Crippen LogP contribution in [0, 0.1) is 18.6 Å². The Hall–Kier alpha value is -2.86. The van der Waals surface area contributed by atoms with E-state index in [4.69, 9.17) is 20.8 Å². The highest BCUT2D eigenvalue weighted by Crippen LogP contribution is 2.22. The topological polar surface area (TPSA) is 51.5 Å². The molecule has 0 aliphatic carbocycles. The van der Waals surface area contributed by atoms with Crippen LogP contribution in [0.5, 0.6) is 5.75 Å². The van der Waals surface area contributed by atoms with Crippen molar-refractivity contribution in [3.8, 4) is 5.75 Å². The largest absolute Gasteiger partial charge is 0.483 e. The van der Waals surface area contributed by atoms with Gasteiger partial charge in [0.2, 0.25) is 0 Å². The van der Waals surface area contributed by atoms with Gasteiger partial charge >= 0.3 is 0 Å². The van der Waals surface area contributed by atoms with Gasteiger partial charge in [0.05, 0.1) is 0 Å². The highest BCUT2D eigenvalue weighted by Gasteiger charge is 2.14. The van der Waals surface area contributed by atoms with Crippen LogP contribution in [-0.2, 0) is 6.61 Å². The van der Waals surface area contributed by atoms with Crippen molar-refractivity contribution in [2.45, 2.75) is 13.5 Å². The van der Waals surface area contributed by atoms with Crippen molar-refractivity contribution in [1.82, 2.24) is 0 Å². The van der Waals surface area contributed by atoms with Crippen molar-refractivity contribution in [2.75, 3.05) is 5.32 Å². The van der Waals surface area contributed by atoms with Crippen LogP contribution in [0.15, 0.2) is 52.9 Å². The zero-order valence-electron chi connectivity index (χ0n) is 13.7. The zero-order valence-corrected chi connectivity index (χ0v) is 14.4. The molecule has 3 aromatic rings. The first-order valence-corrected chi connectivity index (χ1v) is 8.04. The highest BCUT2D eigenvalue weighted by molar-refractivity contribution is 6.31. The second-order valence-corrected chi connectivity index (χ2v) is 5.98. The summed E-state index contributed by atoms with van der Waals surface area (Å²) in [5.41, 5.74) is 1.43. The molecule has 0 aliphatic rings. The van der Waals surface area contributed by atoms with Crippen LogP contribution in [-0.4, -0.2) is 5.91 Å². The number of halogens is 3. The van der Waals surface area contributed by atoms with Crippen molar-refractivity contribution in [3.63, 3.8) is 0 Å². The third-order valence-electron chi connectivity index (χ3n) is 3.60. The van der Waals surface area contributed by atoms with Crippen LogP contribution >= 0.6 is 11.6 Å². The van der Waals surface area contributed by atoms with Crippen molar-refractivity contribution in [3.05, 3.63) is 82.3 Å². The number of carbonyl (C=O) groups is 1. The predicted molar refractivity (Wildman–Crippen MR) is 93.5 cm³/mol.